The fourth-order valence-corrected chi connectivity index (χ4v) is 3.20. The van der Waals surface area contributed by atoms with Crippen LogP contribution in [0.1, 0.15) is 37.5 Å². The van der Waals surface area contributed by atoms with Crippen molar-refractivity contribution in [1.29, 1.82) is 0 Å². The molecule has 110 valence electrons. The fraction of sp³-hybridized carbons (Fsp3) is 0.600. The van der Waals surface area contributed by atoms with E-state index < -0.39 is 0 Å². The van der Waals surface area contributed by atoms with Gasteiger partial charge in [-0.25, -0.2) is 0 Å². The first kappa shape index (κ1) is 15.0. The SMILES string of the molecule is CCCC(=O)N1CCC(NC(=O)Cc2cccs2)CC1. The first-order chi connectivity index (χ1) is 9.69. The van der Waals surface area contributed by atoms with E-state index in [9.17, 15) is 9.59 Å². The Bertz CT molecular complexity index is 437. The molecule has 1 saturated heterocycles. The third-order valence-corrected chi connectivity index (χ3v) is 4.47. The Morgan fingerprint density at radius 2 is 2.15 bits per heavy atom. The standard InChI is InChI=1S/C15H22N2O2S/c1-2-4-15(19)17-8-6-12(7-9-17)16-14(18)11-13-5-3-10-20-13/h3,5,10,12H,2,4,6-9,11H2,1H3,(H,16,18). The monoisotopic (exact) mass is 294 g/mol. The van der Waals surface area contributed by atoms with Crippen LogP contribution in [-0.2, 0) is 16.0 Å². The smallest absolute Gasteiger partial charge is 0.225 e. The summed E-state index contributed by atoms with van der Waals surface area (Å²) in [6, 6.07) is 4.16. The molecule has 1 aliphatic rings. The molecule has 2 rings (SSSR count). The van der Waals surface area contributed by atoms with Crippen LogP contribution in [0, 0.1) is 0 Å². The van der Waals surface area contributed by atoms with Crippen LogP contribution in [0.5, 0.6) is 0 Å². The fourth-order valence-electron chi connectivity index (χ4n) is 2.50. The summed E-state index contributed by atoms with van der Waals surface area (Å²) >= 11 is 1.61. The van der Waals surface area contributed by atoms with Gasteiger partial charge in [0, 0.05) is 30.4 Å². The van der Waals surface area contributed by atoms with Gasteiger partial charge >= 0.3 is 0 Å². The average Bonchev–Trinajstić information content (AvgIpc) is 2.92. The van der Waals surface area contributed by atoms with Crippen LogP contribution in [0.4, 0.5) is 0 Å². The second kappa shape index (κ2) is 7.43. The van der Waals surface area contributed by atoms with Gasteiger partial charge < -0.3 is 10.2 Å². The average molecular weight is 294 g/mol. The predicted octanol–water partition coefficient (Wildman–Crippen LogP) is 2.20. The maximum absolute atomic E-state index is 11.9. The number of carbonyl (C=O) groups excluding carboxylic acids is 2. The van der Waals surface area contributed by atoms with E-state index in [4.69, 9.17) is 0 Å². The minimum atomic E-state index is 0.0887. The van der Waals surface area contributed by atoms with E-state index in [1.54, 1.807) is 11.3 Å². The number of nitrogens with one attached hydrogen (secondary N) is 1. The van der Waals surface area contributed by atoms with Crippen LogP contribution >= 0.6 is 11.3 Å². The van der Waals surface area contributed by atoms with Crippen molar-refractivity contribution in [2.24, 2.45) is 0 Å². The lowest BCUT2D eigenvalue weighted by molar-refractivity contribution is -0.132. The maximum Gasteiger partial charge on any atom is 0.225 e. The minimum absolute atomic E-state index is 0.0887. The van der Waals surface area contributed by atoms with E-state index >= 15 is 0 Å². The molecule has 0 spiro atoms. The van der Waals surface area contributed by atoms with Crippen molar-refractivity contribution in [3.8, 4) is 0 Å². The Morgan fingerprint density at radius 1 is 1.40 bits per heavy atom. The number of likely N-dealkylation sites (tertiary alicyclic amines) is 1. The third kappa shape index (κ3) is 4.34. The molecule has 0 unspecified atom stereocenters. The molecule has 0 radical (unpaired) electrons. The highest BCUT2D eigenvalue weighted by molar-refractivity contribution is 7.10. The number of hydrogen-bond donors (Lipinski definition) is 1. The van der Waals surface area contributed by atoms with Gasteiger partial charge in [0.2, 0.25) is 11.8 Å². The first-order valence-electron chi connectivity index (χ1n) is 7.28. The lowest BCUT2D eigenvalue weighted by atomic mass is 10.0. The van der Waals surface area contributed by atoms with E-state index in [-0.39, 0.29) is 17.9 Å². The molecule has 1 aromatic heterocycles. The van der Waals surface area contributed by atoms with Crippen molar-refractivity contribution >= 4 is 23.2 Å². The molecule has 0 atom stereocenters. The van der Waals surface area contributed by atoms with Crippen molar-refractivity contribution in [2.75, 3.05) is 13.1 Å². The van der Waals surface area contributed by atoms with Crippen molar-refractivity contribution in [1.82, 2.24) is 10.2 Å². The molecule has 5 heteroatoms. The number of carbonyl (C=O) groups is 2. The molecule has 20 heavy (non-hydrogen) atoms. The summed E-state index contributed by atoms with van der Waals surface area (Å²) in [5.74, 6) is 0.335. The molecule has 1 fully saturated rings. The van der Waals surface area contributed by atoms with Gasteiger partial charge in [0.05, 0.1) is 6.42 Å². The van der Waals surface area contributed by atoms with Crippen LogP contribution in [0.25, 0.3) is 0 Å². The van der Waals surface area contributed by atoms with Crippen LogP contribution in [0.3, 0.4) is 0 Å². The van der Waals surface area contributed by atoms with Crippen molar-refractivity contribution in [3.63, 3.8) is 0 Å². The maximum atomic E-state index is 11.9. The molecule has 0 saturated carbocycles. The van der Waals surface area contributed by atoms with Crippen molar-refractivity contribution in [3.05, 3.63) is 22.4 Å². The summed E-state index contributed by atoms with van der Waals surface area (Å²) in [5.41, 5.74) is 0. The van der Waals surface area contributed by atoms with E-state index in [1.165, 1.54) is 0 Å². The lowest BCUT2D eigenvalue weighted by Crippen LogP contribution is -2.46. The molecule has 0 aromatic carbocycles. The summed E-state index contributed by atoms with van der Waals surface area (Å²) in [5, 5.41) is 5.06. The van der Waals surface area contributed by atoms with Crippen LogP contribution in [0.15, 0.2) is 17.5 Å². The summed E-state index contributed by atoms with van der Waals surface area (Å²) in [6.45, 7) is 3.56. The van der Waals surface area contributed by atoms with E-state index in [0.29, 0.717) is 12.8 Å². The van der Waals surface area contributed by atoms with Gasteiger partial charge in [0.15, 0.2) is 0 Å². The third-order valence-electron chi connectivity index (χ3n) is 3.59. The first-order valence-corrected chi connectivity index (χ1v) is 8.16. The van der Waals surface area contributed by atoms with Gasteiger partial charge in [-0.2, -0.15) is 0 Å². The van der Waals surface area contributed by atoms with Crippen LogP contribution in [0.2, 0.25) is 0 Å². The second-order valence-corrected chi connectivity index (χ2v) is 6.26. The van der Waals surface area contributed by atoms with E-state index in [2.05, 4.69) is 5.32 Å². The summed E-state index contributed by atoms with van der Waals surface area (Å²) in [7, 11) is 0. The Morgan fingerprint density at radius 3 is 2.75 bits per heavy atom. The molecule has 0 bridgehead atoms. The molecule has 0 aliphatic carbocycles. The van der Waals surface area contributed by atoms with Gasteiger partial charge in [0.25, 0.3) is 0 Å². The highest BCUT2D eigenvalue weighted by atomic mass is 32.1. The van der Waals surface area contributed by atoms with Crippen molar-refractivity contribution < 1.29 is 9.59 Å². The zero-order chi connectivity index (χ0) is 14.4. The molecule has 2 heterocycles. The van der Waals surface area contributed by atoms with Gasteiger partial charge in [-0.15, -0.1) is 11.3 Å². The minimum Gasteiger partial charge on any atom is -0.353 e. The molecule has 4 nitrogen and oxygen atoms in total. The van der Waals surface area contributed by atoms with Gasteiger partial charge in [-0.1, -0.05) is 13.0 Å². The lowest BCUT2D eigenvalue weighted by Gasteiger charge is -2.32. The van der Waals surface area contributed by atoms with E-state index in [0.717, 1.165) is 37.2 Å². The highest BCUT2D eigenvalue weighted by Crippen LogP contribution is 2.13. The van der Waals surface area contributed by atoms with E-state index in [1.807, 2.05) is 29.3 Å². The zero-order valence-electron chi connectivity index (χ0n) is 11.9. The Kier molecular flexibility index (Phi) is 5.59. The number of nitrogens with zero attached hydrogens (tertiary/aromatic N) is 1. The van der Waals surface area contributed by atoms with Crippen molar-refractivity contribution in [2.45, 2.75) is 45.1 Å². The second-order valence-electron chi connectivity index (χ2n) is 5.23. The molecule has 1 aromatic rings. The molecule has 1 aliphatic heterocycles. The molecular formula is C15H22N2O2S. The Hall–Kier alpha value is -1.36. The van der Waals surface area contributed by atoms with Gasteiger partial charge in [-0.05, 0) is 30.7 Å². The number of amides is 2. The Labute approximate surface area is 124 Å². The molecule has 2 amide bonds. The molecule has 1 N–H and O–H groups in total. The topological polar surface area (TPSA) is 49.4 Å². The molecular weight excluding hydrogens is 272 g/mol. The zero-order valence-corrected chi connectivity index (χ0v) is 12.7. The van der Waals surface area contributed by atoms with Crippen LogP contribution < -0.4 is 5.32 Å². The summed E-state index contributed by atoms with van der Waals surface area (Å²) in [6.07, 6.45) is 3.73. The highest BCUT2D eigenvalue weighted by Gasteiger charge is 2.23. The van der Waals surface area contributed by atoms with Gasteiger partial charge in [0.1, 0.15) is 0 Å². The number of hydrogen-bond acceptors (Lipinski definition) is 3. The Balaban J connectivity index is 1.71. The number of piperidine rings is 1. The quantitative estimate of drug-likeness (QED) is 0.905. The number of thiophene rings is 1. The normalized spacial score (nSPS) is 16.1. The number of rotatable bonds is 5. The predicted molar refractivity (Wildman–Crippen MR) is 80.7 cm³/mol. The van der Waals surface area contributed by atoms with Gasteiger partial charge in [-0.3, -0.25) is 9.59 Å². The summed E-state index contributed by atoms with van der Waals surface area (Å²) in [4.78, 5) is 26.7. The largest absolute Gasteiger partial charge is 0.353 e. The summed E-state index contributed by atoms with van der Waals surface area (Å²) < 4.78 is 0. The van der Waals surface area contributed by atoms with Crippen LogP contribution in [-0.4, -0.2) is 35.8 Å².